The van der Waals surface area contributed by atoms with E-state index in [-0.39, 0.29) is 0 Å². The maximum Gasteiger partial charge on any atom is 0.00112 e. The second-order valence-electron chi connectivity index (χ2n) is 4.41. The standard InChI is InChI=1S/C9H17N/c1-7-3-9(4-7)6-10-5-8(9)2/h7-8,10H,3-6H2,1-2H3. The Morgan fingerprint density at radius 2 is 2.00 bits per heavy atom. The Hall–Kier alpha value is -0.0400. The summed E-state index contributed by atoms with van der Waals surface area (Å²) >= 11 is 0. The van der Waals surface area contributed by atoms with Crippen molar-refractivity contribution < 1.29 is 0 Å². The van der Waals surface area contributed by atoms with Crippen molar-refractivity contribution in [2.24, 2.45) is 17.3 Å². The summed E-state index contributed by atoms with van der Waals surface area (Å²) in [4.78, 5) is 0. The smallest absolute Gasteiger partial charge is 0.00112 e. The van der Waals surface area contributed by atoms with Crippen molar-refractivity contribution in [3.05, 3.63) is 0 Å². The summed E-state index contributed by atoms with van der Waals surface area (Å²) in [6.45, 7) is 7.31. The monoisotopic (exact) mass is 139 g/mol. The van der Waals surface area contributed by atoms with Gasteiger partial charge in [-0.05, 0) is 36.6 Å². The van der Waals surface area contributed by atoms with Gasteiger partial charge in [0, 0.05) is 6.54 Å². The summed E-state index contributed by atoms with van der Waals surface area (Å²) < 4.78 is 0. The molecule has 2 aliphatic rings. The highest BCUT2D eigenvalue weighted by atomic mass is 14.9. The Morgan fingerprint density at radius 3 is 2.40 bits per heavy atom. The first kappa shape index (κ1) is 6.66. The fourth-order valence-electron chi connectivity index (χ4n) is 2.80. The molecule has 1 heteroatoms. The van der Waals surface area contributed by atoms with Gasteiger partial charge in [-0.2, -0.15) is 0 Å². The van der Waals surface area contributed by atoms with Crippen molar-refractivity contribution in [3.63, 3.8) is 0 Å². The molecule has 1 aliphatic carbocycles. The second kappa shape index (κ2) is 1.97. The molecule has 0 radical (unpaired) electrons. The summed E-state index contributed by atoms with van der Waals surface area (Å²) in [7, 11) is 0. The van der Waals surface area contributed by atoms with E-state index < -0.39 is 0 Å². The maximum absolute atomic E-state index is 3.49. The van der Waals surface area contributed by atoms with Crippen LogP contribution < -0.4 is 5.32 Å². The van der Waals surface area contributed by atoms with Gasteiger partial charge in [-0.3, -0.25) is 0 Å². The van der Waals surface area contributed by atoms with E-state index in [1.54, 1.807) is 0 Å². The predicted octanol–water partition coefficient (Wildman–Crippen LogP) is 1.64. The van der Waals surface area contributed by atoms with Crippen LogP contribution in [0.2, 0.25) is 0 Å². The maximum atomic E-state index is 3.49. The quantitative estimate of drug-likeness (QED) is 0.538. The molecular weight excluding hydrogens is 122 g/mol. The molecule has 0 aromatic rings. The summed E-state index contributed by atoms with van der Waals surface area (Å²) in [5.41, 5.74) is 0.736. The molecule has 2 rings (SSSR count). The summed E-state index contributed by atoms with van der Waals surface area (Å²) in [5.74, 6) is 1.94. The Balaban J connectivity index is 2.03. The van der Waals surface area contributed by atoms with Gasteiger partial charge in [0.1, 0.15) is 0 Å². The van der Waals surface area contributed by atoms with Gasteiger partial charge in [-0.25, -0.2) is 0 Å². The van der Waals surface area contributed by atoms with Gasteiger partial charge in [-0.15, -0.1) is 0 Å². The van der Waals surface area contributed by atoms with Crippen LogP contribution >= 0.6 is 0 Å². The molecule has 1 heterocycles. The van der Waals surface area contributed by atoms with Crippen LogP contribution in [0.25, 0.3) is 0 Å². The van der Waals surface area contributed by atoms with Gasteiger partial charge in [0.15, 0.2) is 0 Å². The van der Waals surface area contributed by atoms with Crippen LogP contribution in [0.3, 0.4) is 0 Å². The average molecular weight is 139 g/mol. The van der Waals surface area contributed by atoms with Crippen LogP contribution in [0.1, 0.15) is 26.7 Å². The van der Waals surface area contributed by atoms with Gasteiger partial charge < -0.3 is 5.32 Å². The molecule has 0 aromatic carbocycles. The van der Waals surface area contributed by atoms with Crippen LogP contribution in [-0.2, 0) is 0 Å². The Labute approximate surface area is 63.2 Å². The first-order valence-electron chi connectivity index (χ1n) is 4.44. The van der Waals surface area contributed by atoms with E-state index in [4.69, 9.17) is 0 Å². The van der Waals surface area contributed by atoms with Crippen LogP contribution in [0, 0.1) is 17.3 Å². The van der Waals surface area contributed by atoms with Crippen molar-refractivity contribution in [1.82, 2.24) is 5.32 Å². The molecule has 2 fully saturated rings. The summed E-state index contributed by atoms with van der Waals surface area (Å²) in [6, 6.07) is 0. The SMILES string of the molecule is CC1CC2(CNCC2C)C1. The highest BCUT2D eigenvalue weighted by Gasteiger charge is 2.48. The molecule has 1 N–H and O–H groups in total. The number of rotatable bonds is 0. The highest BCUT2D eigenvalue weighted by Crippen LogP contribution is 2.52. The van der Waals surface area contributed by atoms with Crippen molar-refractivity contribution in [3.8, 4) is 0 Å². The zero-order valence-electron chi connectivity index (χ0n) is 6.98. The molecule has 10 heavy (non-hydrogen) atoms. The van der Waals surface area contributed by atoms with Gasteiger partial charge in [0.05, 0.1) is 0 Å². The molecular formula is C9H17N. The largest absolute Gasteiger partial charge is 0.316 e. The normalized spacial score (nSPS) is 53.4. The molecule has 0 amide bonds. The van der Waals surface area contributed by atoms with Gasteiger partial charge in [0.25, 0.3) is 0 Å². The van der Waals surface area contributed by atoms with Gasteiger partial charge in [-0.1, -0.05) is 13.8 Å². The van der Waals surface area contributed by atoms with Gasteiger partial charge in [0.2, 0.25) is 0 Å². The minimum absolute atomic E-state index is 0.736. The molecule has 1 aliphatic heterocycles. The van der Waals surface area contributed by atoms with E-state index in [0.29, 0.717) is 0 Å². The molecule has 1 spiro atoms. The van der Waals surface area contributed by atoms with Crippen LogP contribution in [-0.4, -0.2) is 13.1 Å². The van der Waals surface area contributed by atoms with Gasteiger partial charge >= 0.3 is 0 Å². The Kier molecular flexibility index (Phi) is 1.31. The topological polar surface area (TPSA) is 12.0 Å². The van der Waals surface area contributed by atoms with Crippen LogP contribution in [0.15, 0.2) is 0 Å². The zero-order chi connectivity index (χ0) is 7.19. The minimum Gasteiger partial charge on any atom is -0.316 e. The Morgan fingerprint density at radius 1 is 1.30 bits per heavy atom. The third-order valence-corrected chi connectivity index (χ3v) is 3.48. The van der Waals surface area contributed by atoms with E-state index in [1.165, 1.54) is 25.9 Å². The average Bonchev–Trinajstić information content (AvgIpc) is 2.12. The first-order valence-corrected chi connectivity index (χ1v) is 4.44. The lowest BCUT2D eigenvalue weighted by atomic mass is 9.58. The molecule has 1 saturated carbocycles. The fourth-order valence-corrected chi connectivity index (χ4v) is 2.80. The molecule has 0 bridgehead atoms. The minimum atomic E-state index is 0.736. The molecule has 1 saturated heterocycles. The van der Waals surface area contributed by atoms with E-state index in [9.17, 15) is 0 Å². The van der Waals surface area contributed by atoms with E-state index in [2.05, 4.69) is 19.2 Å². The van der Waals surface area contributed by atoms with E-state index in [1.807, 2.05) is 0 Å². The second-order valence-corrected chi connectivity index (χ2v) is 4.41. The van der Waals surface area contributed by atoms with Crippen molar-refractivity contribution in [2.45, 2.75) is 26.7 Å². The summed E-state index contributed by atoms with van der Waals surface area (Å²) in [5, 5.41) is 3.49. The van der Waals surface area contributed by atoms with Crippen LogP contribution in [0.5, 0.6) is 0 Å². The Bertz CT molecular complexity index is 136. The lowest BCUT2D eigenvalue weighted by Crippen LogP contribution is -2.41. The number of nitrogens with one attached hydrogen (secondary N) is 1. The molecule has 1 unspecified atom stereocenters. The molecule has 1 atom stereocenters. The van der Waals surface area contributed by atoms with E-state index in [0.717, 1.165) is 17.3 Å². The highest BCUT2D eigenvalue weighted by molar-refractivity contribution is 5.01. The lowest BCUT2D eigenvalue weighted by Gasteiger charge is -2.46. The van der Waals surface area contributed by atoms with E-state index >= 15 is 0 Å². The summed E-state index contributed by atoms with van der Waals surface area (Å²) in [6.07, 6.45) is 2.95. The zero-order valence-corrected chi connectivity index (χ0v) is 6.98. The fraction of sp³-hybridized carbons (Fsp3) is 1.00. The predicted molar refractivity (Wildman–Crippen MR) is 42.9 cm³/mol. The molecule has 1 nitrogen and oxygen atoms in total. The third kappa shape index (κ3) is 0.731. The first-order chi connectivity index (χ1) is 4.73. The van der Waals surface area contributed by atoms with Crippen LogP contribution in [0.4, 0.5) is 0 Å². The molecule has 58 valence electrons. The van der Waals surface area contributed by atoms with Crippen molar-refractivity contribution in [2.75, 3.05) is 13.1 Å². The third-order valence-electron chi connectivity index (χ3n) is 3.48. The lowest BCUT2D eigenvalue weighted by molar-refractivity contribution is 0.0473. The molecule has 0 aromatic heterocycles. The van der Waals surface area contributed by atoms with Crippen molar-refractivity contribution in [1.29, 1.82) is 0 Å². The number of hydrogen-bond acceptors (Lipinski definition) is 1. The number of hydrogen-bond donors (Lipinski definition) is 1. The van der Waals surface area contributed by atoms with Crippen molar-refractivity contribution >= 4 is 0 Å².